The van der Waals surface area contributed by atoms with Gasteiger partial charge in [-0.05, 0) is 30.5 Å². The smallest absolute Gasteiger partial charge is 0.308 e. The normalized spacial score (nSPS) is 13.3. The minimum absolute atomic E-state index is 0.0276. The van der Waals surface area contributed by atoms with Crippen molar-refractivity contribution in [3.8, 4) is 11.1 Å². The summed E-state index contributed by atoms with van der Waals surface area (Å²) in [7, 11) is 0. The lowest BCUT2D eigenvalue weighted by molar-refractivity contribution is -0.384. The number of carboxylic acids is 1. The minimum Gasteiger partial charge on any atom is -0.481 e. The van der Waals surface area contributed by atoms with E-state index in [0.29, 0.717) is 11.1 Å². The third kappa shape index (κ3) is 3.92. The Balaban J connectivity index is 2.21. The van der Waals surface area contributed by atoms with E-state index in [9.17, 15) is 20.0 Å². The highest BCUT2D eigenvalue weighted by molar-refractivity contribution is 5.73. The molecule has 2 aromatic rings. The average Bonchev–Trinajstić information content (AvgIpc) is 2.54. The molecule has 0 aliphatic heterocycles. The molecule has 0 aliphatic carbocycles. The van der Waals surface area contributed by atoms with Gasteiger partial charge in [-0.1, -0.05) is 36.4 Å². The number of benzene rings is 2. The number of rotatable bonds is 6. The zero-order valence-electron chi connectivity index (χ0n) is 12.5. The highest BCUT2D eigenvalue weighted by atomic mass is 16.6. The van der Waals surface area contributed by atoms with Crippen molar-refractivity contribution in [2.75, 3.05) is 0 Å². The van der Waals surface area contributed by atoms with Crippen molar-refractivity contribution >= 4 is 11.7 Å². The molecule has 0 spiro atoms. The number of nitrogens with zero attached hydrogens (tertiary/aromatic N) is 1. The highest BCUT2D eigenvalue weighted by Crippen LogP contribution is 2.29. The Hall–Kier alpha value is -2.73. The van der Waals surface area contributed by atoms with Crippen molar-refractivity contribution in [3.63, 3.8) is 0 Å². The Bertz CT molecular complexity index is 711. The van der Waals surface area contributed by atoms with Crippen LogP contribution in [0.15, 0.2) is 48.5 Å². The number of carboxylic acid groups (broad SMARTS) is 1. The fourth-order valence-electron chi connectivity index (χ4n) is 2.28. The number of nitro benzene ring substituents is 1. The van der Waals surface area contributed by atoms with Gasteiger partial charge >= 0.3 is 5.97 Å². The van der Waals surface area contributed by atoms with Crippen LogP contribution in [-0.2, 0) is 11.2 Å². The molecule has 2 rings (SSSR count). The predicted molar refractivity (Wildman–Crippen MR) is 85.0 cm³/mol. The summed E-state index contributed by atoms with van der Waals surface area (Å²) in [4.78, 5) is 21.5. The van der Waals surface area contributed by atoms with Gasteiger partial charge in [0, 0.05) is 6.07 Å². The Kier molecular flexibility index (Phi) is 5.08. The number of hydrogen-bond acceptors (Lipinski definition) is 4. The zero-order valence-corrected chi connectivity index (χ0v) is 12.5. The molecular formula is C17H17NO5. The number of aliphatic carboxylic acids is 1. The second-order valence-corrected chi connectivity index (χ2v) is 5.37. The van der Waals surface area contributed by atoms with Gasteiger partial charge in [0.05, 0.1) is 22.5 Å². The third-order valence-electron chi connectivity index (χ3n) is 3.78. The van der Waals surface area contributed by atoms with Gasteiger partial charge in [0.15, 0.2) is 0 Å². The predicted octanol–water partition coefficient (Wildman–Crippen LogP) is 2.89. The van der Waals surface area contributed by atoms with E-state index in [1.54, 1.807) is 42.5 Å². The van der Waals surface area contributed by atoms with E-state index in [2.05, 4.69) is 0 Å². The van der Waals surface area contributed by atoms with Crippen molar-refractivity contribution in [1.29, 1.82) is 0 Å². The lowest BCUT2D eigenvalue weighted by Gasteiger charge is -2.15. The second-order valence-electron chi connectivity index (χ2n) is 5.37. The van der Waals surface area contributed by atoms with Crippen LogP contribution in [0.2, 0.25) is 0 Å². The standard InChI is InChI=1S/C17H17NO5/c1-11(17(20)21)16(19)10-12-6-8-13(9-7-12)14-4-2-3-5-15(14)18(22)23/h2-9,11,16,19H,10H2,1H3,(H,20,21). The second kappa shape index (κ2) is 7.02. The van der Waals surface area contributed by atoms with Gasteiger partial charge in [0.25, 0.3) is 5.69 Å². The Morgan fingerprint density at radius 1 is 1.17 bits per heavy atom. The SMILES string of the molecule is CC(C(=O)O)C(O)Cc1ccc(-c2ccccc2[N+](=O)[O-])cc1. The molecule has 0 aromatic heterocycles. The van der Waals surface area contributed by atoms with Gasteiger partial charge in [-0.3, -0.25) is 14.9 Å². The monoisotopic (exact) mass is 315 g/mol. The fraction of sp³-hybridized carbons (Fsp3) is 0.235. The summed E-state index contributed by atoms with van der Waals surface area (Å²) >= 11 is 0. The molecule has 0 amide bonds. The summed E-state index contributed by atoms with van der Waals surface area (Å²) in [6, 6.07) is 13.4. The van der Waals surface area contributed by atoms with Crippen LogP contribution in [0.5, 0.6) is 0 Å². The lowest BCUT2D eigenvalue weighted by atomic mass is 9.96. The first kappa shape index (κ1) is 16.6. The molecule has 2 unspecified atom stereocenters. The first-order chi connectivity index (χ1) is 10.9. The number of carbonyl (C=O) groups is 1. The average molecular weight is 315 g/mol. The van der Waals surface area contributed by atoms with Gasteiger partial charge in [0.2, 0.25) is 0 Å². The summed E-state index contributed by atoms with van der Waals surface area (Å²) in [5.74, 6) is -1.90. The molecule has 23 heavy (non-hydrogen) atoms. The Labute approximate surface area is 133 Å². The Morgan fingerprint density at radius 2 is 1.78 bits per heavy atom. The van der Waals surface area contributed by atoms with Crippen LogP contribution >= 0.6 is 0 Å². The minimum atomic E-state index is -1.05. The van der Waals surface area contributed by atoms with Crippen molar-refractivity contribution in [2.45, 2.75) is 19.4 Å². The Morgan fingerprint density at radius 3 is 2.35 bits per heavy atom. The number of nitro groups is 1. The number of para-hydroxylation sites is 1. The molecule has 2 aromatic carbocycles. The summed E-state index contributed by atoms with van der Waals surface area (Å²) in [6.07, 6.45) is -0.769. The molecule has 0 saturated carbocycles. The molecule has 0 aliphatic rings. The van der Waals surface area contributed by atoms with Crippen LogP contribution in [0, 0.1) is 16.0 Å². The van der Waals surface area contributed by atoms with E-state index < -0.39 is 22.9 Å². The van der Waals surface area contributed by atoms with Crippen molar-refractivity contribution in [2.24, 2.45) is 5.92 Å². The maximum atomic E-state index is 11.1. The lowest BCUT2D eigenvalue weighted by Crippen LogP contribution is -2.27. The third-order valence-corrected chi connectivity index (χ3v) is 3.78. The molecule has 2 N–H and O–H groups in total. The van der Waals surface area contributed by atoms with E-state index in [1.807, 2.05) is 0 Å². The molecule has 6 nitrogen and oxygen atoms in total. The van der Waals surface area contributed by atoms with Crippen LogP contribution in [0.1, 0.15) is 12.5 Å². The summed E-state index contributed by atoms with van der Waals surface area (Å²) < 4.78 is 0. The maximum Gasteiger partial charge on any atom is 0.308 e. The molecule has 6 heteroatoms. The van der Waals surface area contributed by atoms with Gasteiger partial charge < -0.3 is 10.2 Å². The number of aliphatic hydroxyl groups is 1. The fourth-order valence-corrected chi connectivity index (χ4v) is 2.28. The largest absolute Gasteiger partial charge is 0.481 e. The van der Waals surface area contributed by atoms with Crippen LogP contribution in [0.4, 0.5) is 5.69 Å². The van der Waals surface area contributed by atoms with Gasteiger partial charge in [-0.2, -0.15) is 0 Å². The van der Waals surface area contributed by atoms with Gasteiger partial charge in [0.1, 0.15) is 0 Å². The molecule has 0 fully saturated rings. The molecule has 0 heterocycles. The number of aliphatic hydroxyl groups excluding tert-OH is 1. The summed E-state index contributed by atoms with van der Waals surface area (Å²) in [6.45, 7) is 1.45. The molecule has 120 valence electrons. The van der Waals surface area contributed by atoms with E-state index in [-0.39, 0.29) is 12.1 Å². The van der Waals surface area contributed by atoms with Crippen LogP contribution in [0.25, 0.3) is 11.1 Å². The highest BCUT2D eigenvalue weighted by Gasteiger charge is 2.21. The summed E-state index contributed by atoms with van der Waals surface area (Å²) in [5.41, 5.74) is 2.01. The van der Waals surface area contributed by atoms with E-state index >= 15 is 0 Å². The van der Waals surface area contributed by atoms with Crippen LogP contribution < -0.4 is 0 Å². The van der Waals surface area contributed by atoms with Crippen LogP contribution in [-0.4, -0.2) is 27.2 Å². The molecule has 0 radical (unpaired) electrons. The molecular weight excluding hydrogens is 298 g/mol. The first-order valence-electron chi connectivity index (χ1n) is 7.13. The molecule has 0 bridgehead atoms. The topological polar surface area (TPSA) is 101 Å². The number of hydrogen-bond donors (Lipinski definition) is 2. The van der Waals surface area contributed by atoms with Crippen LogP contribution in [0.3, 0.4) is 0 Å². The summed E-state index contributed by atoms with van der Waals surface area (Å²) in [5, 5.41) is 29.8. The van der Waals surface area contributed by atoms with Crippen molar-refractivity contribution in [1.82, 2.24) is 0 Å². The first-order valence-corrected chi connectivity index (χ1v) is 7.13. The van der Waals surface area contributed by atoms with Gasteiger partial charge in [-0.25, -0.2) is 0 Å². The van der Waals surface area contributed by atoms with E-state index in [4.69, 9.17) is 5.11 Å². The molecule has 2 atom stereocenters. The van der Waals surface area contributed by atoms with Crippen molar-refractivity contribution < 1.29 is 19.9 Å². The van der Waals surface area contributed by atoms with E-state index in [1.165, 1.54) is 13.0 Å². The van der Waals surface area contributed by atoms with Gasteiger partial charge in [-0.15, -0.1) is 0 Å². The quantitative estimate of drug-likeness (QED) is 0.630. The van der Waals surface area contributed by atoms with Crippen molar-refractivity contribution in [3.05, 3.63) is 64.2 Å². The van der Waals surface area contributed by atoms with E-state index in [0.717, 1.165) is 5.56 Å². The zero-order chi connectivity index (χ0) is 17.0. The molecule has 0 saturated heterocycles. The maximum absolute atomic E-state index is 11.1.